The van der Waals surface area contributed by atoms with Crippen molar-refractivity contribution >= 4 is 11.8 Å². The van der Waals surface area contributed by atoms with Gasteiger partial charge in [-0.3, -0.25) is 9.79 Å². The fourth-order valence-electron chi connectivity index (χ4n) is 3.00. The summed E-state index contributed by atoms with van der Waals surface area (Å²) in [6.45, 7) is 5.78. The van der Waals surface area contributed by atoms with Crippen molar-refractivity contribution in [2.75, 3.05) is 19.6 Å². The molecular weight excluding hydrogens is 276 g/mol. The minimum Gasteiger partial charge on any atom is -0.481 e. The second-order valence-corrected chi connectivity index (χ2v) is 6.36. The highest BCUT2D eigenvalue weighted by molar-refractivity contribution is 5.83. The van der Waals surface area contributed by atoms with Gasteiger partial charge in [0.25, 0.3) is 0 Å². The van der Waals surface area contributed by atoms with E-state index in [0.29, 0.717) is 6.42 Å². The van der Waals surface area contributed by atoms with Crippen molar-refractivity contribution in [1.82, 2.24) is 4.90 Å². The molecule has 1 fully saturated rings. The number of carboxylic acid groups (broad SMARTS) is 1. The molecule has 1 N–H and O–H groups in total. The van der Waals surface area contributed by atoms with Crippen molar-refractivity contribution in [3.63, 3.8) is 0 Å². The second kappa shape index (κ2) is 12.5. The molecule has 4 heteroatoms. The number of aliphatic imine (C=N–C) groups is 1. The average molecular weight is 310 g/mol. The van der Waals surface area contributed by atoms with Gasteiger partial charge in [0, 0.05) is 32.5 Å². The van der Waals surface area contributed by atoms with Gasteiger partial charge >= 0.3 is 5.97 Å². The van der Waals surface area contributed by atoms with Crippen LogP contribution < -0.4 is 0 Å². The van der Waals surface area contributed by atoms with Crippen molar-refractivity contribution in [1.29, 1.82) is 0 Å². The SMILES string of the molecule is C1CCC2=NCCCN2CC1.CCCCCCCCC(=O)O. The highest BCUT2D eigenvalue weighted by Gasteiger charge is 2.16. The first-order chi connectivity index (χ1) is 10.7. The van der Waals surface area contributed by atoms with E-state index in [2.05, 4.69) is 16.8 Å². The Morgan fingerprint density at radius 3 is 2.55 bits per heavy atom. The summed E-state index contributed by atoms with van der Waals surface area (Å²) in [5.41, 5.74) is 0. The van der Waals surface area contributed by atoms with Gasteiger partial charge in [0.05, 0.1) is 5.84 Å². The summed E-state index contributed by atoms with van der Waals surface area (Å²) in [5.74, 6) is 0.731. The summed E-state index contributed by atoms with van der Waals surface area (Å²) in [4.78, 5) is 17.1. The topological polar surface area (TPSA) is 52.9 Å². The standard InChI is InChI=1S/C9H16N2.C9H18O2/c1-2-5-9-10-6-4-8-11(9)7-3-1;1-2-3-4-5-6-7-8-9(10)11/h1-8H2;2-8H2,1H3,(H,10,11). The van der Waals surface area contributed by atoms with Crippen LogP contribution in [0.4, 0.5) is 0 Å². The number of aliphatic carboxylic acids is 1. The lowest BCUT2D eigenvalue weighted by Crippen LogP contribution is -2.34. The Hall–Kier alpha value is -1.06. The van der Waals surface area contributed by atoms with Crippen LogP contribution in [-0.2, 0) is 4.79 Å². The van der Waals surface area contributed by atoms with Gasteiger partial charge in [0.15, 0.2) is 0 Å². The van der Waals surface area contributed by atoms with Crippen molar-refractivity contribution in [3.05, 3.63) is 0 Å². The molecule has 0 spiro atoms. The Morgan fingerprint density at radius 1 is 1.05 bits per heavy atom. The smallest absolute Gasteiger partial charge is 0.303 e. The molecule has 0 aromatic heterocycles. The molecule has 2 aliphatic heterocycles. The molecule has 0 amide bonds. The Balaban J connectivity index is 0.000000220. The van der Waals surface area contributed by atoms with Crippen LogP contribution in [0.15, 0.2) is 4.99 Å². The number of carbonyl (C=O) groups is 1. The second-order valence-electron chi connectivity index (χ2n) is 6.36. The van der Waals surface area contributed by atoms with Crippen molar-refractivity contribution in [2.24, 2.45) is 4.99 Å². The summed E-state index contributed by atoms with van der Waals surface area (Å²) >= 11 is 0. The lowest BCUT2D eigenvalue weighted by Gasteiger charge is -2.27. The van der Waals surface area contributed by atoms with Gasteiger partial charge in [-0.05, 0) is 25.7 Å². The molecule has 22 heavy (non-hydrogen) atoms. The zero-order chi connectivity index (χ0) is 16.0. The molecule has 128 valence electrons. The van der Waals surface area contributed by atoms with Crippen LogP contribution >= 0.6 is 0 Å². The molecular formula is C18H34N2O2. The van der Waals surface area contributed by atoms with Gasteiger partial charge < -0.3 is 10.0 Å². The van der Waals surface area contributed by atoms with Crippen molar-refractivity contribution in [2.45, 2.75) is 84.0 Å². The van der Waals surface area contributed by atoms with Crippen molar-refractivity contribution < 1.29 is 9.90 Å². The Kier molecular flexibility index (Phi) is 10.8. The Bertz CT molecular complexity index is 329. The van der Waals surface area contributed by atoms with Crippen LogP contribution in [0, 0.1) is 0 Å². The molecule has 0 unspecified atom stereocenters. The van der Waals surface area contributed by atoms with Crippen LogP contribution in [0.25, 0.3) is 0 Å². The van der Waals surface area contributed by atoms with E-state index in [0.717, 1.165) is 19.4 Å². The summed E-state index contributed by atoms with van der Waals surface area (Å²) in [5, 5.41) is 8.32. The third-order valence-corrected chi connectivity index (χ3v) is 4.32. The first-order valence-corrected chi connectivity index (χ1v) is 9.24. The van der Waals surface area contributed by atoms with E-state index in [-0.39, 0.29) is 0 Å². The Labute approximate surface area is 136 Å². The van der Waals surface area contributed by atoms with Gasteiger partial charge in [0.2, 0.25) is 0 Å². The lowest BCUT2D eigenvalue weighted by atomic mass is 10.1. The molecule has 0 aromatic carbocycles. The van der Waals surface area contributed by atoms with Crippen LogP contribution in [-0.4, -0.2) is 41.4 Å². The maximum Gasteiger partial charge on any atom is 0.303 e. The first kappa shape index (κ1) is 19.0. The fraction of sp³-hybridized carbons (Fsp3) is 0.889. The minimum atomic E-state index is -0.666. The number of unbranched alkanes of at least 4 members (excludes halogenated alkanes) is 5. The lowest BCUT2D eigenvalue weighted by molar-refractivity contribution is -0.137. The molecule has 2 aliphatic rings. The molecule has 0 aliphatic carbocycles. The molecule has 1 saturated heterocycles. The highest BCUT2D eigenvalue weighted by atomic mass is 16.4. The first-order valence-electron chi connectivity index (χ1n) is 9.24. The third-order valence-electron chi connectivity index (χ3n) is 4.32. The summed E-state index contributed by atoms with van der Waals surface area (Å²) < 4.78 is 0. The average Bonchev–Trinajstić information content (AvgIpc) is 2.76. The van der Waals surface area contributed by atoms with E-state index in [1.807, 2.05) is 0 Å². The van der Waals surface area contributed by atoms with Crippen LogP contribution in [0.2, 0.25) is 0 Å². The Morgan fingerprint density at radius 2 is 1.77 bits per heavy atom. The predicted molar refractivity (Wildman–Crippen MR) is 92.6 cm³/mol. The number of rotatable bonds is 7. The van der Waals surface area contributed by atoms with Crippen LogP contribution in [0.1, 0.15) is 84.0 Å². The maximum atomic E-state index is 10.1. The number of hydrogen-bond acceptors (Lipinski definition) is 3. The zero-order valence-electron chi connectivity index (χ0n) is 14.4. The van der Waals surface area contributed by atoms with Gasteiger partial charge in [-0.25, -0.2) is 0 Å². The number of nitrogens with zero attached hydrogens (tertiary/aromatic N) is 2. The quantitative estimate of drug-likeness (QED) is 0.705. The fourth-order valence-corrected chi connectivity index (χ4v) is 3.00. The van der Waals surface area contributed by atoms with Gasteiger partial charge in [0.1, 0.15) is 0 Å². The van der Waals surface area contributed by atoms with Crippen LogP contribution in [0.5, 0.6) is 0 Å². The largest absolute Gasteiger partial charge is 0.481 e. The van der Waals surface area contributed by atoms with Crippen LogP contribution in [0.3, 0.4) is 0 Å². The molecule has 0 saturated carbocycles. The normalized spacial score (nSPS) is 17.7. The van der Waals surface area contributed by atoms with Gasteiger partial charge in [-0.15, -0.1) is 0 Å². The number of carboxylic acids is 1. The van der Waals surface area contributed by atoms with Crippen molar-refractivity contribution in [3.8, 4) is 0 Å². The molecule has 0 radical (unpaired) electrons. The number of hydrogen-bond donors (Lipinski definition) is 1. The summed E-state index contributed by atoms with van der Waals surface area (Å²) in [6.07, 6.45) is 13.9. The van der Waals surface area contributed by atoms with E-state index >= 15 is 0 Å². The van der Waals surface area contributed by atoms with E-state index < -0.39 is 5.97 Å². The summed E-state index contributed by atoms with van der Waals surface area (Å²) in [7, 11) is 0. The molecule has 0 bridgehead atoms. The zero-order valence-corrected chi connectivity index (χ0v) is 14.4. The van der Waals surface area contributed by atoms with Gasteiger partial charge in [-0.2, -0.15) is 0 Å². The monoisotopic (exact) mass is 310 g/mol. The van der Waals surface area contributed by atoms with E-state index in [4.69, 9.17) is 5.11 Å². The van der Waals surface area contributed by atoms with E-state index in [1.165, 1.54) is 76.7 Å². The molecule has 0 aromatic rings. The summed E-state index contributed by atoms with van der Waals surface area (Å²) in [6, 6.07) is 0. The molecule has 2 rings (SSSR count). The maximum absolute atomic E-state index is 10.1. The highest BCUT2D eigenvalue weighted by Crippen LogP contribution is 2.15. The minimum absolute atomic E-state index is 0.339. The number of amidine groups is 1. The molecule has 2 heterocycles. The predicted octanol–water partition coefficient (Wildman–Crippen LogP) is 4.49. The van der Waals surface area contributed by atoms with E-state index in [9.17, 15) is 4.79 Å². The van der Waals surface area contributed by atoms with Gasteiger partial charge in [-0.1, -0.05) is 45.4 Å². The third kappa shape index (κ3) is 9.06. The molecule has 0 atom stereocenters. The molecule has 4 nitrogen and oxygen atoms in total. The van der Waals surface area contributed by atoms with E-state index in [1.54, 1.807) is 0 Å². The number of fused-ring (bicyclic) bond motifs is 1.